The van der Waals surface area contributed by atoms with E-state index in [-0.39, 0.29) is 12.0 Å². The van der Waals surface area contributed by atoms with E-state index in [1.807, 2.05) is 43.3 Å². The van der Waals surface area contributed by atoms with Crippen LogP contribution in [0.2, 0.25) is 0 Å². The number of hydrogen-bond acceptors (Lipinski definition) is 3. The number of ether oxygens (including phenoxy) is 1. The topological polar surface area (TPSA) is 42.6 Å². The van der Waals surface area contributed by atoms with Crippen LogP contribution in [0.15, 0.2) is 52.9 Å². The lowest BCUT2D eigenvalue weighted by Gasteiger charge is -2.12. The lowest BCUT2D eigenvalue weighted by atomic mass is 9.94. The van der Waals surface area contributed by atoms with Gasteiger partial charge in [0, 0.05) is 16.4 Å². The van der Waals surface area contributed by atoms with Gasteiger partial charge in [0.25, 0.3) is 0 Å². The zero-order valence-corrected chi connectivity index (χ0v) is 13.2. The average molecular weight is 308 g/mol. The van der Waals surface area contributed by atoms with E-state index in [2.05, 4.69) is 12.1 Å². The van der Waals surface area contributed by atoms with E-state index in [0.29, 0.717) is 6.61 Å². The highest BCUT2D eigenvalue weighted by molar-refractivity contribution is 5.85. The van der Waals surface area contributed by atoms with Crippen LogP contribution >= 0.6 is 0 Å². The van der Waals surface area contributed by atoms with Gasteiger partial charge in [0.15, 0.2) is 0 Å². The first-order chi connectivity index (χ1) is 11.2. The maximum Gasteiger partial charge on any atom is 0.134 e. The fraction of sp³-hybridized carbons (Fsp3) is 0.300. The van der Waals surface area contributed by atoms with Crippen molar-refractivity contribution in [1.29, 1.82) is 0 Å². The fourth-order valence-corrected chi connectivity index (χ4v) is 3.33. The number of aryl methyl sites for hydroxylation is 1. The number of hydrogen-bond donors (Lipinski definition) is 1. The number of rotatable bonds is 5. The smallest absolute Gasteiger partial charge is 0.134 e. The standard InChI is InChI=1S/C20H20O3/c1-14-19(20(13-21)9-10-20)17-11-16(7-8-18(17)23-14)22-12-15-5-3-2-4-6-15/h2-8,11,21H,9-10,12-13H2,1H3. The van der Waals surface area contributed by atoms with E-state index in [1.54, 1.807) is 0 Å². The third-order valence-electron chi connectivity index (χ3n) is 4.77. The second-order valence-corrected chi connectivity index (χ2v) is 6.40. The summed E-state index contributed by atoms with van der Waals surface area (Å²) >= 11 is 0. The maximum atomic E-state index is 9.76. The predicted octanol–water partition coefficient (Wildman–Crippen LogP) is 4.34. The minimum Gasteiger partial charge on any atom is -0.489 e. The molecule has 0 aliphatic heterocycles. The SMILES string of the molecule is Cc1oc2ccc(OCc3ccccc3)cc2c1C1(CO)CC1. The van der Waals surface area contributed by atoms with Gasteiger partial charge in [0.1, 0.15) is 23.7 Å². The second kappa shape index (κ2) is 5.43. The minimum absolute atomic E-state index is 0.104. The molecule has 1 saturated carbocycles. The van der Waals surface area contributed by atoms with E-state index in [9.17, 15) is 5.11 Å². The third kappa shape index (κ3) is 2.51. The summed E-state index contributed by atoms with van der Waals surface area (Å²) in [5, 5.41) is 10.8. The van der Waals surface area contributed by atoms with Crippen LogP contribution in [-0.4, -0.2) is 11.7 Å². The molecule has 1 N–H and O–H groups in total. The van der Waals surface area contributed by atoms with Gasteiger partial charge in [-0.3, -0.25) is 0 Å². The van der Waals surface area contributed by atoms with E-state index in [0.717, 1.165) is 46.4 Å². The Balaban J connectivity index is 1.66. The first-order valence-corrected chi connectivity index (χ1v) is 8.03. The first kappa shape index (κ1) is 14.3. The molecule has 0 saturated heterocycles. The molecule has 0 bridgehead atoms. The number of aliphatic hydroxyl groups is 1. The summed E-state index contributed by atoms with van der Waals surface area (Å²) in [6.45, 7) is 2.71. The van der Waals surface area contributed by atoms with Gasteiger partial charge in [-0.2, -0.15) is 0 Å². The molecule has 23 heavy (non-hydrogen) atoms. The van der Waals surface area contributed by atoms with Gasteiger partial charge in [0.2, 0.25) is 0 Å². The number of fused-ring (bicyclic) bond motifs is 1. The molecule has 0 unspecified atom stereocenters. The summed E-state index contributed by atoms with van der Waals surface area (Å²) in [7, 11) is 0. The minimum atomic E-state index is -0.104. The summed E-state index contributed by atoms with van der Waals surface area (Å²) in [5.41, 5.74) is 3.06. The zero-order chi connectivity index (χ0) is 15.9. The quantitative estimate of drug-likeness (QED) is 0.762. The Hall–Kier alpha value is -2.26. The van der Waals surface area contributed by atoms with Crippen LogP contribution in [0.25, 0.3) is 11.0 Å². The Morgan fingerprint density at radius 2 is 1.91 bits per heavy atom. The van der Waals surface area contributed by atoms with E-state index >= 15 is 0 Å². The monoisotopic (exact) mass is 308 g/mol. The van der Waals surface area contributed by atoms with Crippen molar-refractivity contribution < 1.29 is 14.3 Å². The highest BCUT2D eigenvalue weighted by Gasteiger charge is 2.47. The molecular weight excluding hydrogens is 288 g/mol. The predicted molar refractivity (Wildman–Crippen MR) is 89.7 cm³/mol. The Labute approximate surface area is 135 Å². The highest BCUT2D eigenvalue weighted by atomic mass is 16.5. The van der Waals surface area contributed by atoms with E-state index in [1.165, 1.54) is 0 Å². The van der Waals surface area contributed by atoms with Crippen LogP contribution in [0.1, 0.15) is 29.7 Å². The van der Waals surface area contributed by atoms with Crippen molar-refractivity contribution in [3.63, 3.8) is 0 Å². The van der Waals surface area contributed by atoms with Crippen LogP contribution < -0.4 is 4.74 Å². The van der Waals surface area contributed by atoms with Crippen molar-refractivity contribution >= 4 is 11.0 Å². The molecule has 0 spiro atoms. The van der Waals surface area contributed by atoms with Gasteiger partial charge in [-0.25, -0.2) is 0 Å². The van der Waals surface area contributed by atoms with Gasteiger partial charge in [-0.05, 0) is 43.5 Å². The van der Waals surface area contributed by atoms with Crippen LogP contribution in [0.4, 0.5) is 0 Å². The van der Waals surface area contributed by atoms with Gasteiger partial charge in [-0.15, -0.1) is 0 Å². The Morgan fingerprint density at radius 3 is 2.61 bits per heavy atom. The third-order valence-corrected chi connectivity index (χ3v) is 4.77. The molecule has 1 aromatic heterocycles. The van der Waals surface area contributed by atoms with Crippen molar-refractivity contribution in [2.45, 2.75) is 31.8 Å². The van der Waals surface area contributed by atoms with Crippen molar-refractivity contribution in [2.75, 3.05) is 6.61 Å². The second-order valence-electron chi connectivity index (χ2n) is 6.40. The van der Waals surface area contributed by atoms with Gasteiger partial charge in [0.05, 0.1) is 6.61 Å². The van der Waals surface area contributed by atoms with Gasteiger partial charge >= 0.3 is 0 Å². The lowest BCUT2D eigenvalue weighted by molar-refractivity contribution is 0.254. The van der Waals surface area contributed by atoms with Crippen LogP contribution in [0.5, 0.6) is 5.75 Å². The van der Waals surface area contributed by atoms with Crippen molar-refractivity contribution in [2.24, 2.45) is 0 Å². The van der Waals surface area contributed by atoms with Crippen molar-refractivity contribution in [1.82, 2.24) is 0 Å². The molecule has 1 heterocycles. The summed E-state index contributed by atoms with van der Waals surface area (Å²) in [6.07, 6.45) is 2.04. The van der Waals surface area contributed by atoms with Gasteiger partial charge < -0.3 is 14.3 Å². The van der Waals surface area contributed by atoms with E-state index < -0.39 is 0 Å². The lowest BCUT2D eigenvalue weighted by Crippen LogP contribution is -2.12. The molecule has 0 radical (unpaired) electrons. The molecule has 4 rings (SSSR count). The molecule has 1 aliphatic rings. The fourth-order valence-electron chi connectivity index (χ4n) is 3.33. The molecule has 3 heteroatoms. The summed E-state index contributed by atoms with van der Waals surface area (Å²) < 4.78 is 11.8. The van der Waals surface area contributed by atoms with Crippen molar-refractivity contribution in [3.05, 3.63) is 65.4 Å². The average Bonchev–Trinajstić information content (AvgIpc) is 3.30. The summed E-state index contributed by atoms with van der Waals surface area (Å²) in [4.78, 5) is 0. The largest absolute Gasteiger partial charge is 0.489 e. The molecular formula is C20H20O3. The maximum absolute atomic E-state index is 9.76. The number of benzene rings is 2. The van der Waals surface area contributed by atoms with E-state index in [4.69, 9.17) is 9.15 Å². The van der Waals surface area contributed by atoms with Crippen LogP contribution in [0, 0.1) is 6.92 Å². The number of furan rings is 1. The Kier molecular flexibility index (Phi) is 3.38. The van der Waals surface area contributed by atoms with Crippen LogP contribution in [0.3, 0.4) is 0 Å². The normalized spacial score (nSPS) is 15.7. The molecule has 3 nitrogen and oxygen atoms in total. The zero-order valence-electron chi connectivity index (χ0n) is 13.2. The molecule has 2 aromatic carbocycles. The van der Waals surface area contributed by atoms with Crippen LogP contribution in [-0.2, 0) is 12.0 Å². The Bertz CT molecular complexity index is 829. The highest BCUT2D eigenvalue weighted by Crippen LogP contribution is 2.52. The summed E-state index contributed by atoms with van der Waals surface area (Å²) in [5.74, 6) is 1.74. The Morgan fingerprint density at radius 1 is 1.13 bits per heavy atom. The molecule has 0 atom stereocenters. The summed E-state index contributed by atoms with van der Waals surface area (Å²) in [6, 6.07) is 16.1. The first-order valence-electron chi connectivity index (χ1n) is 8.03. The molecule has 1 aliphatic carbocycles. The molecule has 0 amide bonds. The van der Waals surface area contributed by atoms with Crippen molar-refractivity contribution in [3.8, 4) is 5.75 Å². The molecule has 3 aromatic rings. The molecule has 1 fully saturated rings. The number of aliphatic hydroxyl groups excluding tert-OH is 1. The van der Waals surface area contributed by atoms with Gasteiger partial charge in [-0.1, -0.05) is 30.3 Å². The molecule has 118 valence electrons.